The smallest absolute Gasteiger partial charge is 0.289 e. The lowest BCUT2D eigenvalue weighted by Crippen LogP contribution is -2.39. The number of nitrogens with two attached hydrogens (primary N) is 1. The number of nitrogens with zero attached hydrogens (tertiary/aromatic N) is 1. The Kier molecular flexibility index (Phi) is 4.82. The quantitative estimate of drug-likeness (QED) is 0.942. The van der Waals surface area contributed by atoms with Gasteiger partial charge in [0.05, 0.1) is 0 Å². The molecule has 0 atom stereocenters. The Morgan fingerprint density at radius 1 is 1.17 bits per heavy atom. The Morgan fingerprint density at radius 3 is 2.48 bits per heavy atom. The van der Waals surface area contributed by atoms with Gasteiger partial charge in [-0.15, -0.1) is 0 Å². The molecule has 0 radical (unpaired) electrons. The summed E-state index contributed by atoms with van der Waals surface area (Å²) in [5, 5.41) is 0. The number of aryl methyl sites for hydroxylation is 1. The molecular weight excluding hydrogens is 288 g/mol. The van der Waals surface area contributed by atoms with Gasteiger partial charge in [-0.25, -0.2) is 0 Å². The molecule has 3 rings (SSSR count). The minimum Gasteiger partial charge on any atom is -0.451 e. The predicted molar refractivity (Wildman–Crippen MR) is 91.2 cm³/mol. The number of hydrogen-bond acceptors (Lipinski definition) is 3. The van der Waals surface area contributed by atoms with Crippen molar-refractivity contribution in [2.45, 2.75) is 26.2 Å². The van der Waals surface area contributed by atoms with Crippen LogP contribution in [0.4, 0.5) is 0 Å². The number of likely N-dealkylation sites (tertiary alicyclic amines) is 1. The minimum absolute atomic E-state index is 0.0168. The van der Waals surface area contributed by atoms with E-state index < -0.39 is 0 Å². The number of piperidine rings is 1. The van der Waals surface area contributed by atoms with Crippen molar-refractivity contribution in [1.82, 2.24) is 4.90 Å². The van der Waals surface area contributed by atoms with Gasteiger partial charge in [0.1, 0.15) is 5.76 Å². The highest BCUT2D eigenvalue weighted by atomic mass is 16.4. The van der Waals surface area contributed by atoms with Crippen LogP contribution in [0, 0.1) is 5.92 Å². The Labute approximate surface area is 137 Å². The maximum atomic E-state index is 12.5. The summed E-state index contributed by atoms with van der Waals surface area (Å²) in [6, 6.07) is 11.9. The van der Waals surface area contributed by atoms with Gasteiger partial charge >= 0.3 is 0 Å². The van der Waals surface area contributed by atoms with Gasteiger partial charge in [-0.1, -0.05) is 31.2 Å². The summed E-state index contributed by atoms with van der Waals surface area (Å²) >= 11 is 0. The number of carbonyl (C=O) groups is 1. The third-order valence-electron chi connectivity index (χ3n) is 4.70. The zero-order chi connectivity index (χ0) is 16.2. The minimum atomic E-state index is -0.0168. The maximum absolute atomic E-state index is 12.5. The van der Waals surface area contributed by atoms with Crippen molar-refractivity contribution in [3.63, 3.8) is 0 Å². The number of hydrogen-bond donors (Lipinski definition) is 1. The van der Waals surface area contributed by atoms with E-state index in [0.717, 1.165) is 43.7 Å². The molecule has 1 aliphatic heterocycles. The van der Waals surface area contributed by atoms with Crippen molar-refractivity contribution in [2.24, 2.45) is 11.7 Å². The fourth-order valence-electron chi connectivity index (χ4n) is 3.04. The van der Waals surface area contributed by atoms with Crippen molar-refractivity contribution >= 4 is 5.91 Å². The molecule has 23 heavy (non-hydrogen) atoms. The second-order valence-electron chi connectivity index (χ2n) is 6.19. The summed E-state index contributed by atoms with van der Waals surface area (Å²) < 4.78 is 5.80. The van der Waals surface area contributed by atoms with Crippen LogP contribution in [0.25, 0.3) is 11.3 Å². The molecule has 1 fully saturated rings. The molecule has 1 aromatic heterocycles. The average molecular weight is 312 g/mol. The Hall–Kier alpha value is -2.07. The highest BCUT2D eigenvalue weighted by Crippen LogP contribution is 2.25. The Balaban J connectivity index is 1.69. The molecule has 0 saturated carbocycles. The third-order valence-corrected chi connectivity index (χ3v) is 4.70. The SMILES string of the molecule is CCc1ccc(-c2ccc(C(=O)N3CCC(CN)CC3)o2)cc1. The first-order chi connectivity index (χ1) is 11.2. The number of furan rings is 1. The van der Waals surface area contributed by atoms with E-state index in [1.165, 1.54) is 5.56 Å². The highest BCUT2D eigenvalue weighted by Gasteiger charge is 2.24. The van der Waals surface area contributed by atoms with Crippen LogP contribution in [0.2, 0.25) is 0 Å². The second-order valence-corrected chi connectivity index (χ2v) is 6.19. The van der Waals surface area contributed by atoms with E-state index in [-0.39, 0.29) is 5.91 Å². The van der Waals surface area contributed by atoms with Crippen LogP contribution in [-0.2, 0) is 6.42 Å². The first kappa shape index (κ1) is 15.8. The largest absolute Gasteiger partial charge is 0.451 e. The molecule has 0 spiro atoms. The van der Waals surface area contributed by atoms with Crippen LogP contribution < -0.4 is 5.73 Å². The molecule has 1 amide bonds. The summed E-state index contributed by atoms with van der Waals surface area (Å²) in [5.41, 5.74) is 8.00. The molecule has 1 aliphatic rings. The number of amides is 1. The van der Waals surface area contributed by atoms with Crippen LogP contribution in [0.3, 0.4) is 0 Å². The fraction of sp³-hybridized carbons (Fsp3) is 0.421. The van der Waals surface area contributed by atoms with Gasteiger partial charge in [-0.2, -0.15) is 0 Å². The monoisotopic (exact) mass is 312 g/mol. The first-order valence-electron chi connectivity index (χ1n) is 8.39. The predicted octanol–water partition coefficient (Wildman–Crippen LogP) is 3.32. The molecule has 4 nitrogen and oxygen atoms in total. The van der Waals surface area contributed by atoms with Gasteiger partial charge in [0.2, 0.25) is 0 Å². The van der Waals surface area contributed by atoms with Crippen LogP contribution in [-0.4, -0.2) is 30.4 Å². The van der Waals surface area contributed by atoms with Gasteiger partial charge in [-0.3, -0.25) is 4.79 Å². The third kappa shape index (κ3) is 3.48. The zero-order valence-electron chi connectivity index (χ0n) is 13.6. The van der Waals surface area contributed by atoms with Crippen molar-refractivity contribution in [1.29, 1.82) is 0 Å². The van der Waals surface area contributed by atoms with Crippen molar-refractivity contribution in [2.75, 3.05) is 19.6 Å². The van der Waals surface area contributed by atoms with Gasteiger partial charge in [0, 0.05) is 18.7 Å². The van der Waals surface area contributed by atoms with E-state index in [1.807, 2.05) is 23.1 Å². The molecule has 1 aromatic carbocycles. The van der Waals surface area contributed by atoms with Crippen LogP contribution in [0.1, 0.15) is 35.9 Å². The van der Waals surface area contributed by atoms with Crippen molar-refractivity contribution in [3.05, 3.63) is 47.7 Å². The zero-order valence-corrected chi connectivity index (χ0v) is 13.6. The van der Waals surface area contributed by atoms with Crippen molar-refractivity contribution < 1.29 is 9.21 Å². The number of rotatable bonds is 4. The van der Waals surface area contributed by atoms with Gasteiger partial charge in [0.25, 0.3) is 5.91 Å². The topological polar surface area (TPSA) is 59.5 Å². The highest BCUT2D eigenvalue weighted by molar-refractivity contribution is 5.92. The number of carbonyl (C=O) groups excluding carboxylic acids is 1. The van der Waals surface area contributed by atoms with E-state index in [2.05, 4.69) is 19.1 Å². The standard InChI is InChI=1S/C19H24N2O2/c1-2-14-3-5-16(6-4-14)17-7-8-18(23-17)19(22)21-11-9-15(13-20)10-12-21/h3-8,15H,2,9-13,20H2,1H3. The van der Waals surface area contributed by atoms with E-state index in [0.29, 0.717) is 18.2 Å². The van der Waals surface area contributed by atoms with Crippen molar-refractivity contribution in [3.8, 4) is 11.3 Å². The summed E-state index contributed by atoms with van der Waals surface area (Å²) in [6.07, 6.45) is 2.98. The summed E-state index contributed by atoms with van der Waals surface area (Å²) in [6.45, 7) is 4.37. The molecule has 0 unspecified atom stereocenters. The summed E-state index contributed by atoms with van der Waals surface area (Å²) in [4.78, 5) is 14.4. The van der Waals surface area contributed by atoms with Gasteiger partial charge in [0.15, 0.2) is 5.76 Å². The van der Waals surface area contributed by atoms with E-state index >= 15 is 0 Å². The molecule has 1 saturated heterocycles. The van der Waals surface area contributed by atoms with Crippen LogP contribution >= 0.6 is 0 Å². The lowest BCUT2D eigenvalue weighted by Gasteiger charge is -2.30. The number of benzene rings is 1. The second kappa shape index (κ2) is 7.01. The molecule has 122 valence electrons. The van der Waals surface area contributed by atoms with Gasteiger partial charge in [-0.05, 0) is 49.4 Å². The first-order valence-corrected chi connectivity index (χ1v) is 8.39. The molecular formula is C19H24N2O2. The molecule has 0 bridgehead atoms. The van der Waals surface area contributed by atoms with Crippen LogP contribution in [0.5, 0.6) is 0 Å². The average Bonchev–Trinajstić information content (AvgIpc) is 3.11. The fourth-order valence-corrected chi connectivity index (χ4v) is 3.04. The molecule has 2 N–H and O–H groups in total. The summed E-state index contributed by atoms with van der Waals surface area (Å²) in [5.74, 6) is 1.69. The van der Waals surface area contributed by atoms with Crippen LogP contribution in [0.15, 0.2) is 40.8 Å². The molecule has 4 heteroatoms. The molecule has 0 aliphatic carbocycles. The Bertz CT molecular complexity index is 652. The molecule has 2 heterocycles. The summed E-state index contributed by atoms with van der Waals surface area (Å²) in [7, 11) is 0. The van der Waals surface area contributed by atoms with E-state index in [9.17, 15) is 4.79 Å². The van der Waals surface area contributed by atoms with E-state index in [1.54, 1.807) is 6.07 Å². The van der Waals surface area contributed by atoms with E-state index in [4.69, 9.17) is 10.2 Å². The molecule has 2 aromatic rings. The normalized spacial score (nSPS) is 15.8. The van der Waals surface area contributed by atoms with Gasteiger partial charge < -0.3 is 15.1 Å². The maximum Gasteiger partial charge on any atom is 0.289 e. The lowest BCUT2D eigenvalue weighted by atomic mass is 9.97. The Morgan fingerprint density at radius 2 is 1.87 bits per heavy atom. The lowest BCUT2D eigenvalue weighted by molar-refractivity contribution is 0.0662.